The van der Waals surface area contributed by atoms with Crippen molar-refractivity contribution in [3.63, 3.8) is 0 Å². The molecular formula is C16H15ClN4O. The van der Waals surface area contributed by atoms with Crippen molar-refractivity contribution < 1.29 is 4.79 Å². The summed E-state index contributed by atoms with van der Waals surface area (Å²) in [4.78, 5) is 15.9. The molecule has 1 N–H and O–H groups in total. The number of carbonyl (C=O) groups is 1. The number of fused-ring (bicyclic) bond motifs is 1. The van der Waals surface area contributed by atoms with E-state index in [1.165, 1.54) is 0 Å². The Balaban J connectivity index is 1.55. The minimum absolute atomic E-state index is 0.158. The quantitative estimate of drug-likeness (QED) is 0.737. The van der Waals surface area contributed by atoms with Crippen LogP contribution < -0.4 is 5.32 Å². The van der Waals surface area contributed by atoms with Crippen LogP contribution in [0.1, 0.15) is 16.9 Å². The highest BCUT2D eigenvalue weighted by Gasteiger charge is 2.07. The number of benzene rings is 1. The van der Waals surface area contributed by atoms with E-state index in [1.807, 2.05) is 22.9 Å². The van der Waals surface area contributed by atoms with Gasteiger partial charge in [0.1, 0.15) is 5.69 Å². The van der Waals surface area contributed by atoms with E-state index in [-0.39, 0.29) is 5.91 Å². The van der Waals surface area contributed by atoms with E-state index in [2.05, 4.69) is 15.4 Å². The third-order valence-corrected chi connectivity index (χ3v) is 3.69. The number of amides is 1. The molecule has 0 bridgehead atoms. The van der Waals surface area contributed by atoms with Crippen LogP contribution in [-0.2, 0) is 6.54 Å². The number of carbonyl (C=O) groups excluding carboxylic acids is 1. The number of halogens is 1. The van der Waals surface area contributed by atoms with Crippen LogP contribution in [0.5, 0.6) is 0 Å². The molecule has 0 unspecified atom stereocenters. The Bertz CT molecular complexity index is 785. The summed E-state index contributed by atoms with van der Waals surface area (Å²) >= 11 is 6.12. The molecule has 0 saturated carbocycles. The zero-order valence-electron chi connectivity index (χ0n) is 11.9. The lowest BCUT2D eigenvalue weighted by Gasteiger charge is -2.06. The summed E-state index contributed by atoms with van der Waals surface area (Å²) in [5.41, 5.74) is 1.43. The largest absolute Gasteiger partial charge is 0.351 e. The van der Waals surface area contributed by atoms with Gasteiger partial charge in [0.2, 0.25) is 0 Å². The smallest absolute Gasteiger partial charge is 0.269 e. The number of rotatable bonds is 5. The highest BCUT2D eigenvalue weighted by atomic mass is 35.5. The van der Waals surface area contributed by atoms with Crippen LogP contribution in [0, 0.1) is 0 Å². The van der Waals surface area contributed by atoms with Gasteiger partial charge < -0.3 is 5.32 Å². The molecule has 0 aliphatic heterocycles. The zero-order valence-corrected chi connectivity index (χ0v) is 12.6. The first-order valence-electron chi connectivity index (χ1n) is 7.05. The molecule has 1 aromatic carbocycles. The maximum Gasteiger partial charge on any atom is 0.269 e. The summed E-state index contributed by atoms with van der Waals surface area (Å²) < 4.78 is 1.90. The van der Waals surface area contributed by atoms with E-state index in [9.17, 15) is 4.79 Å². The lowest BCUT2D eigenvalue weighted by molar-refractivity contribution is 0.0947. The maximum absolute atomic E-state index is 11.8. The fourth-order valence-corrected chi connectivity index (χ4v) is 2.48. The second-order valence-corrected chi connectivity index (χ2v) is 5.27. The van der Waals surface area contributed by atoms with Gasteiger partial charge in [-0.3, -0.25) is 14.5 Å². The molecule has 3 aromatic rings. The number of pyridine rings is 1. The van der Waals surface area contributed by atoms with Gasteiger partial charge in [-0.15, -0.1) is 0 Å². The Morgan fingerprint density at radius 3 is 2.95 bits per heavy atom. The van der Waals surface area contributed by atoms with Crippen molar-refractivity contribution in [3.8, 4) is 0 Å². The summed E-state index contributed by atoms with van der Waals surface area (Å²) in [7, 11) is 0. The van der Waals surface area contributed by atoms with Crippen LogP contribution in [-0.4, -0.2) is 27.2 Å². The topological polar surface area (TPSA) is 59.8 Å². The summed E-state index contributed by atoms with van der Waals surface area (Å²) in [6.45, 7) is 1.28. The Hall–Kier alpha value is -2.40. The molecule has 2 heterocycles. The van der Waals surface area contributed by atoms with Crippen molar-refractivity contribution in [2.75, 3.05) is 6.54 Å². The van der Waals surface area contributed by atoms with Crippen LogP contribution in [0.3, 0.4) is 0 Å². The molecule has 1 amide bonds. The monoisotopic (exact) mass is 314 g/mol. The molecule has 0 radical (unpaired) electrons. The van der Waals surface area contributed by atoms with E-state index in [1.54, 1.807) is 30.6 Å². The van der Waals surface area contributed by atoms with Crippen molar-refractivity contribution in [2.24, 2.45) is 0 Å². The second kappa shape index (κ2) is 6.58. The van der Waals surface area contributed by atoms with Crippen LogP contribution in [0.4, 0.5) is 0 Å². The zero-order chi connectivity index (χ0) is 15.4. The molecule has 0 aliphatic rings. The van der Waals surface area contributed by atoms with Gasteiger partial charge >= 0.3 is 0 Å². The second-order valence-electron chi connectivity index (χ2n) is 4.86. The lowest BCUT2D eigenvalue weighted by atomic mass is 10.2. The summed E-state index contributed by atoms with van der Waals surface area (Å²) in [5.74, 6) is -0.158. The standard InChI is InChI=1S/C16H15ClN4O/c17-13-5-3-7-15-12(13)11-20-21(15)10-4-9-19-16(22)14-6-1-2-8-18-14/h1-3,5-8,11H,4,9-10H2,(H,19,22). The third kappa shape index (κ3) is 3.09. The van der Waals surface area contributed by atoms with E-state index >= 15 is 0 Å². The molecule has 0 aliphatic carbocycles. The Morgan fingerprint density at radius 1 is 1.23 bits per heavy atom. The average Bonchev–Trinajstić information content (AvgIpc) is 2.97. The Morgan fingerprint density at radius 2 is 2.14 bits per heavy atom. The minimum atomic E-state index is -0.158. The van der Waals surface area contributed by atoms with Crippen LogP contribution in [0.25, 0.3) is 10.9 Å². The number of nitrogens with one attached hydrogen (secondary N) is 1. The summed E-state index contributed by atoms with van der Waals surface area (Å²) in [6, 6.07) is 11.0. The highest BCUT2D eigenvalue weighted by Crippen LogP contribution is 2.22. The van der Waals surface area contributed by atoms with E-state index < -0.39 is 0 Å². The maximum atomic E-state index is 11.8. The first kappa shape index (κ1) is 14.5. The molecule has 0 spiro atoms. The van der Waals surface area contributed by atoms with Crippen LogP contribution in [0.2, 0.25) is 5.02 Å². The van der Waals surface area contributed by atoms with Crippen LogP contribution in [0.15, 0.2) is 48.8 Å². The van der Waals surface area contributed by atoms with Gasteiger partial charge in [0.15, 0.2) is 0 Å². The lowest BCUT2D eigenvalue weighted by Crippen LogP contribution is -2.26. The first-order valence-corrected chi connectivity index (χ1v) is 7.43. The molecule has 6 heteroatoms. The normalized spacial score (nSPS) is 10.8. The molecule has 2 aromatic heterocycles. The predicted octanol–water partition coefficient (Wildman–Crippen LogP) is 2.90. The van der Waals surface area contributed by atoms with Crippen molar-refractivity contribution >= 4 is 28.4 Å². The third-order valence-electron chi connectivity index (χ3n) is 3.36. The van der Waals surface area contributed by atoms with Gasteiger partial charge in [-0.25, -0.2) is 0 Å². The molecule has 0 saturated heterocycles. The molecule has 112 valence electrons. The average molecular weight is 315 g/mol. The van der Waals surface area contributed by atoms with E-state index in [0.29, 0.717) is 23.8 Å². The molecular weight excluding hydrogens is 300 g/mol. The van der Waals surface area contributed by atoms with Gasteiger partial charge in [0, 0.05) is 24.7 Å². The Labute approximate surface area is 132 Å². The van der Waals surface area contributed by atoms with Crippen molar-refractivity contribution in [3.05, 3.63) is 59.5 Å². The Kier molecular flexibility index (Phi) is 4.34. The van der Waals surface area contributed by atoms with Gasteiger partial charge in [0.25, 0.3) is 5.91 Å². The van der Waals surface area contributed by atoms with Gasteiger partial charge in [-0.1, -0.05) is 23.7 Å². The van der Waals surface area contributed by atoms with Crippen molar-refractivity contribution in [1.82, 2.24) is 20.1 Å². The molecule has 3 rings (SSSR count). The number of aromatic nitrogens is 3. The van der Waals surface area contributed by atoms with E-state index in [0.717, 1.165) is 17.3 Å². The minimum Gasteiger partial charge on any atom is -0.351 e. The SMILES string of the molecule is O=C(NCCCn1ncc2c(Cl)cccc21)c1ccccn1. The fourth-order valence-electron chi connectivity index (χ4n) is 2.26. The van der Waals surface area contributed by atoms with Gasteiger partial charge in [0.05, 0.1) is 16.7 Å². The predicted molar refractivity (Wildman–Crippen MR) is 85.9 cm³/mol. The van der Waals surface area contributed by atoms with Gasteiger partial charge in [-0.2, -0.15) is 5.10 Å². The number of aryl methyl sites for hydroxylation is 1. The van der Waals surface area contributed by atoms with E-state index in [4.69, 9.17) is 11.6 Å². The van der Waals surface area contributed by atoms with Crippen molar-refractivity contribution in [1.29, 1.82) is 0 Å². The number of hydrogen-bond acceptors (Lipinski definition) is 3. The number of hydrogen-bond donors (Lipinski definition) is 1. The first-order chi connectivity index (χ1) is 10.8. The van der Waals surface area contributed by atoms with Gasteiger partial charge in [-0.05, 0) is 30.7 Å². The van der Waals surface area contributed by atoms with Crippen molar-refractivity contribution in [2.45, 2.75) is 13.0 Å². The highest BCUT2D eigenvalue weighted by molar-refractivity contribution is 6.35. The molecule has 5 nitrogen and oxygen atoms in total. The summed E-state index contributed by atoms with van der Waals surface area (Å²) in [6.07, 6.45) is 4.15. The molecule has 0 fully saturated rings. The summed E-state index contributed by atoms with van der Waals surface area (Å²) in [5, 5.41) is 8.84. The number of nitrogens with zero attached hydrogens (tertiary/aromatic N) is 3. The fraction of sp³-hybridized carbons (Fsp3) is 0.188. The molecule has 0 atom stereocenters. The molecule has 22 heavy (non-hydrogen) atoms. The van der Waals surface area contributed by atoms with Crippen LogP contribution >= 0.6 is 11.6 Å².